The van der Waals surface area contributed by atoms with Crippen LogP contribution in [0.5, 0.6) is 0 Å². The van der Waals surface area contributed by atoms with E-state index in [-0.39, 0.29) is 23.1 Å². The third-order valence-electron chi connectivity index (χ3n) is 2.23. The van der Waals surface area contributed by atoms with Crippen LogP contribution in [0.2, 0.25) is 0 Å². The highest BCUT2D eigenvalue weighted by atomic mass is 79.9. The molecule has 96 valence electrons. The van der Waals surface area contributed by atoms with E-state index in [1.165, 1.54) is 12.3 Å². The second-order valence-corrected chi connectivity index (χ2v) is 4.57. The van der Waals surface area contributed by atoms with Crippen molar-refractivity contribution >= 4 is 27.5 Å². The lowest BCUT2D eigenvalue weighted by Gasteiger charge is -2.08. The van der Waals surface area contributed by atoms with Gasteiger partial charge in [0.25, 0.3) is 0 Å². The Balaban J connectivity index is 2.49. The third kappa shape index (κ3) is 2.70. The number of halogens is 5. The summed E-state index contributed by atoms with van der Waals surface area (Å²) in [5.74, 6) is 0.566. The van der Waals surface area contributed by atoms with Crippen molar-refractivity contribution in [1.82, 2.24) is 4.98 Å². The van der Waals surface area contributed by atoms with Crippen LogP contribution in [0.1, 0.15) is 11.5 Å². The van der Waals surface area contributed by atoms with Gasteiger partial charge in [0.1, 0.15) is 0 Å². The fraction of sp³-hybridized carbons (Fsp3) is 0.182. The van der Waals surface area contributed by atoms with Gasteiger partial charge < -0.3 is 4.42 Å². The van der Waals surface area contributed by atoms with E-state index >= 15 is 0 Å². The standard InChI is InChI=1S/C11H6BrClF3NO/c12-8-2-1-6(11(14,15)16)3-7(8)9-5-17-10(4-13)18-9/h1-3,5H,4H2. The van der Waals surface area contributed by atoms with Crippen molar-refractivity contribution in [3.05, 3.63) is 40.3 Å². The van der Waals surface area contributed by atoms with Crippen molar-refractivity contribution in [2.75, 3.05) is 0 Å². The zero-order valence-corrected chi connectivity index (χ0v) is 11.1. The molecular formula is C11H6BrClF3NO. The predicted octanol–water partition coefficient (Wildman–Crippen LogP) is 4.86. The van der Waals surface area contributed by atoms with Gasteiger partial charge in [0.15, 0.2) is 5.76 Å². The van der Waals surface area contributed by atoms with Crippen LogP contribution in [0.3, 0.4) is 0 Å². The summed E-state index contributed by atoms with van der Waals surface area (Å²) in [7, 11) is 0. The smallest absolute Gasteiger partial charge is 0.416 e. The Morgan fingerprint density at radius 3 is 2.61 bits per heavy atom. The van der Waals surface area contributed by atoms with Crippen LogP contribution < -0.4 is 0 Å². The molecule has 2 aromatic rings. The lowest BCUT2D eigenvalue weighted by atomic mass is 10.1. The topological polar surface area (TPSA) is 26.0 Å². The van der Waals surface area contributed by atoms with Crippen molar-refractivity contribution in [1.29, 1.82) is 0 Å². The number of nitrogens with zero attached hydrogens (tertiary/aromatic N) is 1. The number of hydrogen-bond donors (Lipinski definition) is 0. The van der Waals surface area contributed by atoms with Gasteiger partial charge >= 0.3 is 6.18 Å². The Kier molecular flexibility index (Phi) is 3.68. The Bertz CT molecular complexity index is 568. The highest BCUT2D eigenvalue weighted by Gasteiger charge is 2.31. The summed E-state index contributed by atoms with van der Waals surface area (Å²) in [4.78, 5) is 3.84. The zero-order valence-electron chi connectivity index (χ0n) is 8.76. The number of alkyl halides is 4. The Morgan fingerprint density at radius 1 is 1.33 bits per heavy atom. The van der Waals surface area contributed by atoms with Gasteiger partial charge in [-0.1, -0.05) is 15.9 Å². The van der Waals surface area contributed by atoms with Crippen LogP contribution in [0.4, 0.5) is 13.2 Å². The number of oxazole rings is 1. The maximum atomic E-state index is 12.6. The van der Waals surface area contributed by atoms with Crippen LogP contribution >= 0.6 is 27.5 Å². The van der Waals surface area contributed by atoms with Crippen LogP contribution in [-0.2, 0) is 12.1 Å². The molecule has 1 heterocycles. The molecule has 1 aromatic carbocycles. The molecule has 0 aliphatic rings. The van der Waals surface area contributed by atoms with E-state index in [1.807, 2.05) is 0 Å². The van der Waals surface area contributed by atoms with E-state index in [1.54, 1.807) is 0 Å². The van der Waals surface area contributed by atoms with Crippen molar-refractivity contribution in [3.63, 3.8) is 0 Å². The minimum Gasteiger partial charge on any atom is -0.439 e. The van der Waals surface area contributed by atoms with Crippen molar-refractivity contribution < 1.29 is 17.6 Å². The second-order valence-electron chi connectivity index (χ2n) is 3.44. The van der Waals surface area contributed by atoms with Crippen LogP contribution in [0, 0.1) is 0 Å². The number of rotatable bonds is 2. The molecule has 0 aliphatic carbocycles. The zero-order chi connectivity index (χ0) is 13.3. The monoisotopic (exact) mass is 339 g/mol. The molecule has 7 heteroatoms. The van der Waals surface area contributed by atoms with Crippen LogP contribution in [0.25, 0.3) is 11.3 Å². The SMILES string of the molecule is FC(F)(F)c1ccc(Br)c(-c2cnc(CCl)o2)c1. The molecule has 0 amide bonds. The fourth-order valence-corrected chi connectivity index (χ4v) is 1.95. The highest BCUT2D eigenvalue weighted by Crippen LogP contribution is 2.36. The van der Waals surface area contributed by atoms with Gasteiger partial charge in [0.2, 0.25) is 5.89 Å². The normalized spacial score (nSPS) is 11.8. The molecule has 0 spiro atoms. The van der Waals surface area contributed by atoms with E-state index in [9.17, 15) is 13.2 Å². The molecule has 1 aromatic heterocycles. The second kappa shape index (κ2) is 4.93. The average Bonchev–Trinajstić information content (AvgIpc) is 2.76. The minimum absolute atomic E-state index is 0.0661. The van der Waals surface area contributed by atoms with Gasteiger partial charge in [0, 0.05) is 10.0 Å². The first kappa shape index (κ1) is 13.4. The lowest BCUT2D eigenvalue weighted by Crippen LogP contribution is -2.04. The van der Waals surface area contributed by atoms with E-state index in [0.717, 1.165) is 12.1 Å². The van der Waals surface area contributed by atoms with E-state index in [4.69, 9.17) is 16.0 Å². The maximum Gasteiger partial charge on any atom is 0.416 e. The van der Waals surface area contributed by atoms with Crippen molar-refractivity contribution in [2.45, 2.75) is 12.1 Å². The van der Waals surface area contributed by atoms with Gasteiger partial charge in [-0.15, -0.1) is 11.6 Å². The van der Waals surface area contributed by atoms with Gasteiger partial charge in [-0.25, -0.2) is 4.98 Å². The van der Waals surface area contributed by atoms with Crippen LogP contribution in [0.15, 0.2) is 33.3 Å². The molecule has 2 nitrogen and oxygen atoms in total. The quantitative estimate of drug-likeness (QED) is 0.730. The average molecular weight is 341 g/mol. The summed E-state index contributed by atoms with van der Waals surface area (Å²) >= 11 is 8.70. The number of benzene rings is 1. The molecule has 0 saturated carbocycles. The third-order valence-corrected chi connectivity index (χ3v) is 3.15. The molecule has 0 fully saturated rings. The molecule has 0 saturated heterocycles. The first-order valence-electron chi connectivity index (χ1n) is 4.79. The predicted molar refractivity (Wildman–Crippen MR) is 64.2 cm³/mol. The summed E-state index contributed by atoms with van der Waals surface area (Å²) in [5, 5.41) is 0. The molecule has 0 unspecified atom stereocenters. The summed E-state index contributed by atoms with van der Waals surface area (Å²) < 4.78 is 43.5. The number of aromatic nitrogens is 1. The van der Waals surface area contributed by atoms with Crippen molar-refractivity contribution in [3.8, 4) is 11.3 Å². The molecule has 0 atom stereocenters. The first-order valence-corrected chi connectivity index (χ1v) is 6.12. The lowest BCUT2D eigenvalue weighted by molar-refractivity contribution is -0.137. The van der Waals surface area contributed by atoms with E-state index in [2.05, 4.69) is 20.9 Å². The molecular weight excluding hydrogens is 334 g/mol. The Morgan fingerprint density at radius 2 is 2.06 bits per heavy atom. The largest absolute Gasteiger partial charge is 0.439 e. The molecule has 18 heavy (non-hydrogen) atoms. The van der Waals surface area contributed by atoms with Gasteiger partial charge in [0.05, 0.1) is 17.6 Å². The summed E-state index contributed by atoms with van der Waals surface area (Å²) in [6, 6.07) is 3.32. The maximum absolute atomic E-state index is 12.6. The molecule has 0 aliphatic heterocycles. The van der Waals surface area contributed by atoms with E-state index in [0.29, 0.717) is 4.47 Å². The molecule has 0 radical (unpaired) electrons. The molecule has 2 rings (SSSR count). The fourth-order valence-electron chi connectivity index (χ4n) is 1.39. The molecule has 0 bridgehead atoms. The first-order chi connectivity index (χ1) is 8.41. The molecule has 0 N–H and O–H groups in total. The Hall–Kier alpha value is -1.01. The minimum atomic E-state index is -4.40. The summed E-state index contributed by atoms with van der Waals surface area (Å²) in [6.45, 7) is 0. The van der Waals surface area contributed by atoms with Gasteiger partial charge in [-0.2, -0.15) is 13.2 Å². The number of hydrogen-bond acceptors (Lipinski definition) is 2. The summed E-state index contributed by atoms with van der Waals surface area (Å²) in [5.41, 5.74) is -0.460. The van der Waals surface area contributed by atoms with E-state index < -0.39 is 11.7 Å². The van der Waals surface area contributed by atoms with Crippen LogP contribution in [-0.4, -0.2) is 4.98 Å². The van der Waals surface area contributed by atoms with Crippen molar-refractivity contribution in [2.24, 2.45) is 0 Å². The highest BCUT2D eigenvalue weighted by molar-refractivity contribution is 9.10. The Labute approximate surface area is 114 Å². The summed E-state index contributed by atoms with van der Waals surface area (Å²) in [6.07, 6.45) is -3.05. The van der Waals surface area contributed by atoms with Gasteiger partial charge in [-0.05, 0) is 18.2 Å². The van der Waals surface area contributed by atoms with Gasteiger partial charge in [-0.3, -0.25) is 0 Å².